The summed E-state index contributed by atoms with van der Waals surface area (Å²) < 4.78 is 0. The molecule has 1 saturated heterocycles. The number of carbonyl (C=O) groups excluding carboxylic acids is 2. The van der Waals surface area contributed by atoms with Crippen molar-refractivity contribution in [2.24, 2.45) is 0 Å². The standard InChI is InChI=1S/C18H18N2O5/c21-9-14-16(23)6-12(7-17(14)24)13-3-5-20(15(13)10-22)18(25)11-2-1-4-19-8-11/h1-2,4,6-9,13,15,22-24H,3,5,10H2/t13?,15-/m1/s1. The van der Waals surface area contributed by atoms with Gasteiger partial charge >= 0.3 is 0 Å². The fraction of sp³-hybridized carbons (Fsp3) is 0.278. The molecule has 1 fully saturated rings. The van der Waals surface area contributed by atoms with Crippen LogP contribution in [0.4, 0.5) is 0 Å². The first-order valence-electron chi connectivity index (χ1n) is 7.89. The molecule has 2 heterocycles. The van der Waals surface area contributed by atoms with E-state index < -0.39 is 6.04 Å². The van der Waals surface area contributed by atoms with Gasteiger partial charge in [0.1, 0.15) is 11.5 Å². The Morgan fingerprint density at radius 1 is 1.32 bits per heavy atom. The van der Waals surface area contributed by atoms with Crippen LogP contribution in [0.2, 0.25) is 0 Å². The molecule has 1 aromatic heterocycles. The second kappa shape index (κ2) is 6.90. The van der Waals surface area contributed by atoms with E-state index in [1.165, 1.54) is 18.3 Å². The maximum atomic E-state index is 12.7. The minimum absolute atomic E-state index is 0.175. The quantitative estimate of drug-likeness (QED) is 0.722. The summed E-state index contributed by atoms with van der Waals surface area (Å²) in [6.07, 6.45) is 4.00. The Balaban J connectivity index is 1.90. The second-order valence-corrected chi connectivity index (χ2v) is 5.98. The van der Waals surface area contributed by atoms with Crippen LogP contribution in [-0.2, 0) is 0 Å². The van der Waals surface area contributed by atoms with Gasteiger partial charge in [-0.2, -0.15) is 0 Å². The van der Waals surface area contributed by atoms with Gasteiger partial charge in [0, 0.05) is 24.9 Å². The number of aliphatic hydroxyl groups excluding tert-OH is 1. The van der Waals surface area contributed by atoms with Gasteiger partial charge in [-0.1, -0.05) is 0 Å². The molecule has 1 aliphatic rings. The summed E-state index contributed by atoms with van der Waals surface area (Å²) in [7, 11) is 0. The Hall–Kier alpha value is -2.93. The van der Waals surface area contributed by atoms with Crippen LogP contribution >= 0.6 is 0 Å². The predicted molar refractivity (Wildman–Crippen MR) is 88.7 cm³/mol. The number of hydrogen-bond donors (Lipinski definition) is 3. The maximum Gasteiger partial charge on any atom is 0.255 e. The van der Waals surface area contributed by atoms with Crippen LogP contribution in [0.5, 0.6) is 11.5 Å². The molecule has 0 radical (unpaired) electrons. The van der Waals surface area contributed by atoms with Gasteiger partial charge in [0.15, 0.2) is 6.29 Å². The average molecular weight is 342 g/mol. The van der Waals surface area contributed by atoms with Crippen LogP contribution in [0, 0.1) is 0 Å². The monoisotopic (exact) mass is 342 g/mol. The summed E-state index contributed by atoms with van der Waals surface area (Å²) in [6.45, 7) is 0.175. The molecule has 7 heteroatoms. The van der Waals surface area contributed by atoms with E-state index in [-0.39, 0.29) is 35.5 Å². The lowest BCUT2D eigenvalue weighted by molar-refractivity contribution is 0.0665. The zero-order valence-electron chi connectivity index (χ0n) is 13.4. The molecule has 2 aromatic rings. The average Bonchev–Trinajstić information content (AvgIpc) is 3.05. The first-order valence-corrected chi connectivity index (χ1v) is 7.89. The molecule has 2 atom stereocenters. The number of aromatic hydroxyl groups is 2. The van der Waals surface area contributed by atoms with E-state index in [0.29, 0.717) is 30.4 Å². The lowest BCUT2D eigenvalue weighted by Crippen LogP contribution is -2.39. The number of hydrogen-bond acceptors (Lipinski definition) is 6. The number of nitrogens with zero attached hydrogens (tertiary/aromatic N) is 2. The molecule has 1 aromatic carbocycles. The Bertz CT molecular complexity index is 770. The highest BCUT2D eigenvalue weighted by molar-refractivity contribution is 5.94. The number of amides is 1. The van der Waals surface area contributed by atoms with Gasteiger partial charge < -0.3 is 20.2 Å². The molecule has 0 aliphatic carbocycles. The molecule has 25 heavy (non-hydrogen) atoms. The minimum Gasteiger partial charge on any atom is -0.507 e. The Kier molecular flexibility index (Phi) is 4.67. The zero-order valence-corrected chi connectivity index (χ0v) is 13.4. The summed E-state index contributed by atoms with van der Waals surface area (Å²) in [5, 5.41) is 29.6. The summed E-state index contributed by atoms with van der Waals surface area (Å²) >= 11 is 0. The number of carbonyl (C=O) groups is 2. The topological polar surface area (TPSA) is 111 Å². The van der Waals surface area contributed by atoms with E-state index >= 15 is 0 Å². The third kappa shape index (κ3) is 3.06. The van der Waals surface area contributed by atoms with E-state index in [9.17, 15) is 24.9 Å². The number of aliphatic hydroxyl groups is 1. The minimum atomic E-state index is -0.492. The summed E-state index contributed by atoms with van der Waals surface area (Å²) in [5.74, 6) is -1.13. The van der Waals surface area contributed by atoms with Crippen molar-refractivity contribution in [3.63, 3.8) is 0 Å². The van der Waals surface area contributed by atoms with E-state index in [4.69, 9.17) is 0 Å². The second-order valence-electron chi connectivity index (χ2n) is 5.98. The summed E-state index contributed by atoms with van der Waals surface area (Å²) in [4.78, 5) is 29.0. The molecular formula is C18H18N2O5. The van der Waals surface area contributed by atoms with Crippen molar-refractivity contribution < 1.29 is 24.9 Å². The van der Waals surface area contributed by atoms with Crippen LogP contribution in [0.25, 0.3) is 0 Å². The van der Waals surface area contributed by atoms with Gasteiger partial charge in [0.25, 0.3) is 5.91 Å². The van der Waals surface area contributed by atoms with E-state index in [1.807, 2.05) is 0 Å². The third-order valence-electron chi connectivity index (χ3n) is 4.61. The molecule has 0 spiro atoms. The van der Waals surface area contributed by atoms with E-state index in [2.05, 4.69) is 4.98 Å². The normalized spacial score (nSPS) is 19.8. The number of phenols is 2. The molecule has 0 bridgehead atoms. The first kappa shape index (κ1) is 16.9. The highest BCUT2D eigenvalue weighted by atomic mass is 16.3. The third-order valence-corrected chi connectivity index (χ3v) is 4.61. The number of rotatable bonds is 4. The number of phenolic OH excluding ortho intramolecular Hbond substituents is 2. The SMILES string of the molecule is O=Cc1c(O)cc(C2CCN(C(=O)c3cccnc3)[C@@H]2CO)cc1O. The van der Waals surface area contributed by atoms with Crippen molar-refractivity contribution in [2.75, 3.05) is 13.2 Å². The van der Waals surface area contributed by atoms with Gasteiger partial charge in [-0.3, -0.25) is 14.6 Å². The van der Waals surface area contributed by atoms with Crippen LogP contribution in [-0.4, -0.2) is 56.6 Å². The molecule has 1 unspecified atom stereocenters. The van der Waals surface area contributed by atoms with Gasteiger partial charge in [-0.15, -0.1) is 0 Å². The molecule has 1 amide bonds. The fourth-order valence-electron chi connectivity index (χ4n) is 3.35. The Morgan fingerprint density at radius 3 is 2.60 bits per heavy atom. The molecule has 3 N–H and O–H groups in total. The smallest absolute Gasteiger partial charge is 0.255 e. The molecular weight excluding hydrogens is 324 g/mol. The molecule has 3 rings (SSSR count). The first-order chi connectivity index (χ1) is 12.1. The molecule has 0 saturated carbocycles. The van der Waals surface area contributed by atoms with E-state index in [0.717, 1.165) is 0 Å². The molecule has 130 valence electrons. The van der Waals surface area contributed by atoms with Crippen molar-refractivity contribution in [2.45, 2.75) is 18.4 Å². The fourth-order valence-corrected chi connectivity index (χ4v) is 3.35. The van der Waals surface area contributed by atoms with Crippen molar-refractivity contribution >= 4 is 12.2 Å². The highest BCUT2D eigenvalue weighted by Gasteiger charge is 2.38. The molecule has 7 nitrogen and oxygen atoms in total. The van der Waals surface area contributed by atoms with Crippen LogP contribution < -0.4 is 0 Å². The van der Waals surface area contributed by atoms with Crippen molar-refractivity contribution in [1.29, 1.82) is 0 Å². The zero-order chi connectivity index (χ0) is 18.0. The van der Waals surface area contributed by atoms with Gasteiger partial charge in [-0.05, 0) is 36.2 Å². The summed E-state index contributed by atoms with van der Waals surface area (Å²) in [6, 6.07) is 5.63. The van der Waals surface area contributed by atoms with Crippen molar-refractivity contribution in [3.05, 3.63) is 53.3 Å². The van der Waals surface area contributed by atoms with Crippen LogP contribution in [0.15, 0.2) is 36.7 Å². The van der Waals surface area contributed by atoms with Crippen LogP contribution in [0.1, 0.15) is 38.6 Å². The number of likely N-dealkylation sites (tertiary alicyclic amines) is 1. The lowest BCUT2D eigenvalue weighted by Gasteiger charge is -2.27. The number of pyridine rings is 1. The maximum absolute atomic E-state index is 12.7. The number of benzene rings is 1. The lowest BCUT2D eigenvalue weighted by atomic mass is 9.90. The highest BCUT2D eigenvalue weighted by Crippen LogP contribution is 2.38. The largest absolute Gasteiger partial charge is 0.507 e. The Labute approximate surface area is 144 Å². The van der Waals surface area contributed by atoms with Gasteiger partial charge in [0.2, 0.25) is 0 Å². The predicted octanol–water partition coefficient (Wildman–Crippen LogP) is 1.30. The van der Waals surface area contributed by atoms with Crippen molar-refractivity contribution in [3.8, 4) is 11.5 Å². The Morgan fingerprint density at radius 2 is 2.04 bits per heavy atom. The number of aldehydes is 1. The molecule has 1 aliphatic heterocycles. The van der Waals surface area contributed by atoms with Gasteiger partial charge in [-0.25, -0.2) is 0 Å². The summed E-state index contributed by atoms with van der Waals surface area (Å²) in [5.41, 5.74) is 0.829. The number of aromatic nitrogens is 1. The van der Waals surface area contributed by atoms with E-state index in [1.54, 1.807) is 23.2 Å². The van der Waals surface area contributed by atoms with Crippen LogP contribution in [0.3, 0.4) is 0 Å². The van der Waals surface area contributed by atoms with Crippen molar-refractivity contribution in [1.82, 2.24) is 9.88 Å². The van der Waals surface area contributed by atoms with Gasteiger partial charge in [0.05, 0.1) is 23.8 Å².